The van der Waals surface area contributed by atoms with E-state index in [2.05, 4.69) is 206 Å². The highest BCUT2D eigenvalue weighted by Gasteiger charge is 2.19. The molecule has 0 saturated carbocycles. The molecule has 10 aromatic rings. The third kappa shape index (κ3) is 5.00. The number of benzene rings is 10. The van der Waals surface area contributed by atoms with Crippen LogP contribution in [0.3, 0.4) is 0 Å². The third-order valence-corrected chi connectivity index (χ3v) is 10.6. The van der Waals surface area contributed by atoms with Crippen LogP contribution >= 0.6 is 0 Å². The molecule has 0 aromatic heterocycles. The summed E-state index contributed by atoms with van der Waals surface area (Å²) in [4.78, 5) is 0. The molecule has 0 aliphatic rings. The first kappa shape index (κ1) is 30.1. The molecule has 0 aliphatic carbocycles. The van der Waals surface area contributed by atoms with Gasteiger partial charge in [0.1, 0.15) is 0 Å². The predicted molar refractivity (Wildman–Crippen MR) is 224 cm³/mol. The number of fused-ring (bicyclic) bond motifs is 4. The third-order valence-electron chi connectivity index (χ3n) is 10.6. The SMILES string of the molecule is c1ccc(-c2ccc3ccc(-c4c5ccccc5c(-c5ccccc5)c5ccccc45)cc3c2-c2cccc(-c3cccc4ccccc34)c2)cc1. The van der Waals surface area contributed by atoms with Gasteiger partial charge in [-0.15, -0.1) is 0 Å². The van der Waals surface area contributed by atoms with E-state index in [0.29, 0.717) is 0 Å². The van der Waals surface area contributed by atoms with Crippen LogP contribution in [0.4, 0.5) is 0 Å². The molecule has 0 heteroatoms. The molecule has 0 atom stereocenters. The molecule has 0 bridgehead atoms. The van der Waals surface area contributed by atoms with Crippen molar-refractivity contribution in [3.05, 3.63) is 206 Å². The Morgan fingerprint density at radius 1 is 0.192 bits per heavy atom. The lowest BCUT2D eigenvalue weighted by Crippen LogP contribution is -1.92. The molecule has 0 amide bonds. The van der Waals surface area contributed by atoms with Crippen molar-refractivity contribution in [2.24, 2.45) is 0 Å². The Morgan fingerprint density at radius 2 is 0.654 bits per heavy atom. The van der Waals surface area contributed by atoms with Gasteiger partial charge in [0.2, 0.25) is 0 Å². The molecule has 0 radical (unpaired) electrons. The molecule has 0 spiro atoms. The van der Waals surface area contributed by atoms with Crippen LogP contribution in [0.15, 0.2) is 206 Å². The van der Waals surface area contributed by atoms with Crippen LogP contribution in [0.5, 0.6) is 0 Å². The minimum Gasteiger partial charge on any atom is -0.0622 e. The molecule has 10 rings (SSSR count). The fourth-order valence-corrected chi connectivity index (χ4v) is 8.32. The highest BCUT2D eigenvalue weighted by Crippen LogP contribution is 2.46. The minimum atomic E-state index is 1.21. The van der Waals surface area contributed by atoms with Gasteiger partial charge in [-0.05, 0) is 111 Å². The van der Waals surface area contributed by atoms with Crippen LogP contribution in [0.25, 0.3) is 98.7 Å². The Bertz CT molecular complexity index is 2870. The molecule has 0 saturated heterocycles. The average molecular weight is 659 g/mol. The summed E-state index contributed by atoms with van der Waals surface area (Å²) in [7, 11) is 0. The molecule has 0 nitrogen and oxygen atoms in total. The van der Waals surface area contributed by atoms with Crippen LogP contribution in [0.2, 0.25) is 0 Å². The van der Waals surface area contributed by atoms with Gasteiger partial charge in [0.15, 0.2) is 0 Å². The van der Waals surface area contributed by atoms with Gasteiger partial charge < -0.3 is 0 Å². The first-order valence-electron chi connectivity index (χ1n) is 18.0. The van der Waals surface area contributed by atoms with Crippen molar-refractivity contribution in [1.82, 2.24) is 0 Å². The highest BCUT2D eigenvalue weighted by atomic mass is 14.2. The summed E-state index contributed by atoms with van der Waals surface area (Å²) in [6.07, 6.45) is 0. The molecule has 0 unspecified atom stereocenters. The molecule has 10 aromatic carbocycles. The van der Waals surface area contributed by atoms with Crippen molar-refractivity contribution in [3.8, 4) is 55.6 Å². The maximum Gasteiger partial charge on any atom is -0.00261 e. The zero-order valence-corrected chi connectivity index (χ0v) is 28.6. The van der Waals surface area contributed by atoms with Crippen molar-refractivity contribution in [2.75, 3.05) is 0 Å². The summed E-state index contributed by atoms with van der Waals surface area (Å²) in [5.41, 5.74) is 12.4. The highest BCUT2D eigenvalue weighted by molar-refractivity contribution is 6.22. The quantitative estimate of drug-likeness (QED) is 0.161. The second-order valence-corrected chi connectivity index (χ2v) is 13.6. The maximum atomic E-state index is 2.44. The van der Waals surface area contributed by atoms with Gasteiger partial charge in [0.05, 0.1) is 0 Å². The van der Waals surface area contributed by atoms with Crippen LogP contribution in [0, 0.1) is 0 Å². The van der Waals surface area contributed by atoms with Crippen molar-refractivity contribution < 1.29 is 0 Å². The second-order valence-electron chi connectivity index (χ2n) is 13.6. The van der Waals surface area contributed by atoms with Gasteiger partial charge in [-0.25, -0.2) is 0 Å². The van der Waals surface area contributed by atoms with Crippen molar-refractivity contribution >= 4 is 43.1 Å². The van der Waals surface area contributed by atoms with E-state index in [1.165, 1.54) is 98.7 Å². The van der Waals surface area contributed by atoms with E-state index in [4.69, 9.17) is 0 Å². The molecular weight excluding hydrogens is 625 g/mol. The fraction of sp³-hybridized carbons (Fsp3) is 0. The first-order chi connectivity index (χ1) is 25.8. The molecular formula is C52H34. The number of rotatable bonds is 5. The fourth-order valence-electron chi connectivity index (χ4n) is 8.32. The Labute approximate surface area is 303 Å². The van der Waals surface area contributed by atoms with Gasteiger partial charge in [-0.3, -0.25) is 0 Å². The zero-order valence-electron chi connectivity index (χ0n) is 28.6. The first-order valence-corrected chi connectivity index (χ1v) is 18.0. The van der Waals surface area contributed by atoms with Gasteiger partial charge in [-0.2, -0.15) is 0 Å². The summed E-state index contributed by atoms with van der Waals surface area (Å²) in [5.74, 6) is 0. The van der Waals surface area contributed by atoms with Crippen LogP contribution in [0.1, 0.15) is 0 Å². The summed E-state index contributed by atoms with van der Waals surface area (Å²) < 4.78 is 0. The van der Waals surface area contributed by atoms with Crippen LogP contribution in [-0.4, -0.2) is 0 Å². The van der Waals surface area contributed by atoms with Crippen molar-refractivity contribution in [1.29, 1.82) is 0 Å². The molecule has 0 heterocycles. The van der Waals surface area contributed by atoms with E-state index < -0.39 is 0 Å². The molecule has 0 fully saturated rings. The normalized spacial score (nSPS) is 11.5. The molecule has 242 valence electrons. The Balaban J connectivity index is 1.26. The maximum absolute atomic E-state index is 2.44. The Kier molecular flexibility index (Phi) is 7.25. The van der Waals surface area contributed by atoms with E-state index in [1.54, 1.807) is 0 Å². The predicted octanol–water partition coefficient (Wildman–Crippen LogP) is 14.6. The van der Waals surface area contributed by atoms with E-state index in [0.717, 1.165) is 0 Å². The van der Waals surface area contributed by atoms with E-state index in [9.17, 15) is 0 Å². The molecule has 0 aliphatic heterocycles. The van der Waals surface area contributed by atoms with Gasteiger partial charge in [0.25, 0.3) is 0 Å². The van der Waals surface area contributed by atoms with Gasteiger partial charge in [-0.1, -0.05) is 194 Å². The summed E-state index contributed by atoms with van der Waals surface area (Å²) in [6.45, 7) is 0. The minimum absolute atomic E-state index is 1.21. The van der Waals surface area contributed by atoms with Gasteiger partial charge in [0, 0.05) is 0 Å². The lowest BCUT2D eigenvalue weighted by Gasteiger charge is -2.19. The summed E-state index contributed by atoms with van der Waals surface area (Å²) in [5, 5.41) is 10.0. The topological polar surface area (TPSA) is 0 Å². The lowest BCUT2D eigenvalue weighted by molar-refractivity contribution is 1.60. The lowest BCUT2D eigenvalue weighted by atomic mass is 9.84. The Hall–Kier alpha value is -6.76. The largest absolute Gasteiger partial charge is 0.0622 e. The number of hydrogen-bond acceptors (Lipinski definition) is 0. The smallest absolute Gasteiger partial charge is 0.00261 e. The van der Waals surface area contributed by atoms with Crippen LogP contribution < -0.4 is 0 Å². The monoisotopic (exact) mass is 658 g/mol. The summed E-state index contributed by atoms with van der Waals surface area (Å²) in [6, 6.07) is 75.6. The van der Waals surface area contributed by atoms with Crippen molar-refractivity contribution in [3.63, 3.8) is 0 Å². The Morgan fingerprint density at radius 3 is 1.35 bits per heavy atom. The van der Waals surface area contributed by atoms with E-state index >= 15 is 0 Å². The summed E-state index contributed by atoms with van der Waals surface area (Å²) >= 11 is 0. The molecule has 52 heavy (non-hydrogen) atoms. The van der Waals surface area contributed by atoms with E-state index in [1.807, 2.05) is 0 Å². The van der Waals surface area contributed by atoms with Crippen molar-refractivity contribution in [2.45, 2.75) is 0 Å². The van der Waals surface area contributed by atoms with E-state index in [-0.39, 0.29) is 0 Å². The second kappa shape index (κ2) is 12.5. The average Bonchev–Trinajstić information content (AvgIpc) is 3.22. The standard InChI is InChI=1S/C52H34/c1-3-15-36(16-4-1)44-32-31-37-29-30-41(34-49(37)51(44)40-22-13-21-39(33-40)43-28-14-20-35-17-7-8-23-42(35)43)52-47-26-11-9-24-45(47)50(38-18-5-2-6-19-38)46-25-10-12-27-48(46)52/h1-34H. The zero-order chi connectivity index (χ0) is 34.4. The van der Waals surface area contributed by atoms with Gasteiger partial charge >= 0.3 is 0 Å². The number of hydrogen-bond donors (Lipinski definition) is 0. The van der Waals surface area contributed by atoms with Crippen LogP contribution in [-0.2, 0) is 0 Å². The molecule has 0 N–H and O–H groups in total.